The Morgan fingerprint density at radius 1 is 0.900 bits per heavy atom. The normalized spacial score (nSPS) is 16.9. The lowest BCUT2D eigenvalue weighted by Gasteiger charge is -2.25. The second kappa shape index (κ2) is 12.8. The monoisotopic (exact) mass is 432 g/mol. The van der Waals surface area contributed by atoms with Crippen LogP contribution in [0.3, 0.4) is 0 Å². The predicted octanol–water partition coefficient (Wildman–Crippen LogP) is -1.84. The molecule has 12 heteroatoms. The third kappa shape index (κ3) is 9.18. The van der Waals surface area contributed by atoms with E-state index in [0.29, 0.717) is 6.42 Å². The van der Waals surface area contributed by atoms with Crippen LogP contribution in [0.5, 0.6) is 0 Å². The lowest BCUT2D eigenvalue weighted by atomic mass is 9.98. The lowest BCUT2D eigenvalue weighted by molar-refractivity contribution is -0.145. The number of aliphatic hydroxyl groups excluding tert-OH is 1. The van der Waals surface area contributed by atoms with Crippen molar-refractivity contribution >= 4 is 29.7 Å². The molecule has 6 atom stereocenters. The Kier molecular flexibility index (Phi) is 11.6. The molecule has 0 aromatic heterocycles. The van der Waals surface area contributed by atoms with Crippen molar-refractivity contribution in [2.45, 2.75) is 77.2 Å². The van der Waals surface area contributed by atoms with Crippen LogP contribution in [0.15, 0.2) is 0 Å². The van der Waals surface area contributed by atoms with E-state index in [1.807, 2.05) is 6.92 Å². The molecular weight excluding hydrogens is 400 g/mol. The summed E-state index contributed by atoms with van der Waals surface area (Å²) in [6.45, 7) is 6.05. The van der Waals surface area contributed by atoms with Crippen molar-refractivity contribution < 1.29 is 39.3 Å². The quantitative estimate of drug-likeness (QED) is 0.174. The van der Waals surface area contributed by atoms with E-state index < -0.39 is 66.4 Å². The zero-order chi connectivity index (χ0) is 23.6. The highest BCUT2D eigenvalue weighted by atomic mass is 16.4. The van der Waals surface area contributed by atoms with E-state index >= 15 is 0 Å². The molecule has 172 valence electrons. The molecule has 0 radical (unpaired) electrons. The molecular formula is C18H32N4O8. The highest BCUT2D eigenvalue weighted by Gasteiger charge is 2.30. The van der Waals surface area contributed by atoms with Crippen molar-refractivity contribution in [3.8, 4) is 0 Å². The summed E-state index contributed by atoms with van der Waals surface area (Å²) in [4.78, 5) is 58.9. The Morgan fingerprint density at radius 3 is 1.90 bits per heavy atom. The van der Waals surface area contributed by atoms with Gasteiger partial charge in [-0.3, -0.25) is 19.2 Å². The van der Waals surface area contributed by atoms with Crippen LogP contribution in [0.2, 0.25) is 0 Å². The fourth-order valence-corrected chi connectivity index (χ4v) is 2.36. The van der Waals surface area contributed by atoms with Gasteiger partial charge in [0.1, 0.15) is 12.1 Å². The highest BCUT2D eigenvalue weighted by Crippen LogP contribution is 2.07. The molecule has 0 heterocycles. The summed E-state index contributed by atoms with van der Waals surface area (Å²) in [5.74, 6) is -5.15. The Labute approximate surface area is 174 Å². The van der Waals surface area contributed by atoms with Crippen LogP contribution in [0, 0.1) is 5.92 Å². The molecule has 0 aliphatic rings. The topological polar surface area (TPSA) is 208 Å². The molecule has 30 heavy (non-hydrogen) atoms. The molecule has 0 aromatic rings. The molecule has 0 saturated carbocycles. The number of carbonyl (C=O) groups excluding carboxylic acids is 3. The molecule has 6 unspecified atom stereocenters. The third-order valence-electron chi connectivity index (χ3n) is 4.64. The third-order valence-corrected chi connectivity index (χ3v) is 4.64. The maximum Gasteiger partial charge on any atom is 0.328 e. The largest absolute Gasteiger partial charge is 0.481 e. The molecule has 3 amide bonds. The van der Waals surface area contributed by atoms with Gasteiger partial charge in [0.05, 0.1) is 12.1 Å². The van der Waals surface area contributed by atoms with E-state index in [-0.39, 0.29) is 12.3 Å². The zero-order valence-electron chi connectivity index (χ0n) is 17.5. The van der Waals surface area contributed by atoms with Crippen molar-refractivity contribution in [2.75, 3.05) is 0 Å². The van der Waals surface area contributed by atoms with E-state index in [9.17, 15) is 29.1 Å². The second-order valence-corrected chi connectivity index (χ2v) is 7.20. The van der Waals surface area contributed by atoms with Crippen LogP contribution in [0.25, 0.3) is 0 Å². The summed E-state index contributed by atoms with van der Waals surface area (Å²) < 4.78 is 0. The smallest absolute Gasteiger partial charge is 0.328 e. The molecule has 0 aromatic carbocycles. The van der Waals surface area contributed by atoms with Crippen molar-refractivity contribution in [3.05, 3.63) is 0 Å². The minimum atomic E-state index is -1.58. The molecule has 8 N–H and O–H groups in total. The minimum Gasteiger partial charge on any atom is -0.481 e. The molecule has 0 spiro atoms. The number of nitrogens with one attached hydrogen (secondary N) is 3. The second-order valence-electron chi connectivity index (χ2n) is 7.20. The van der Waals surface area contributed by atoms with Gasteiger partial charge in [-0.05, 0) is 26.2 Å². The number of carboxylic acid groups (broad SMARTS) is 2. The van der Waals surface area contributed by atoms with Crippen LogP contribution in [0.4, 0.5) is 0 Å². The number of carboxylic acids is 2. The lowest BCUT2D eigenvalue weighted by Crippen LogP contribution is -2.58. The molecule has 0 fully saturated rings. The number of hydrogen-bond donors (Lipinski definition) is 7. The van der Waals surface area contributed by atoms with Gasteiger partial charge in [-0.25, -0.2) is 4.79 Å². The van der Waals surface area contributed by atoms with E-state index in [0.717, 1.165) is 0 Å². The van der Waals surface area contributed by atoms with Gasteiger partial charge in [-0.2, -0.15) is 0 Å². The Bertz CT molecular complexity index is 640. The predicted molar refractivity (Wildman–Crippen MR) is 105 cm³/mol. The fourth-order valence-electron chi connectivity index (χ4n) is 2.36. The summed E-state index contributed by atoms with van der Waals surface area (Å²) in [6.07, 6.45) is -1.41. The van der Waals surface area contributed by atoms with Gasteiger partial charge in [0.25, 0.3) is 0 Å². The fraction of sp³-hybridized carbons (Fsp3) is 0.722. The van der Waals surface area contributed by atoms with Gasteiger partial charge < -0.3 is 37.0 Å². The van der Waals surface area contributed by atoms with Crippen molar-refractivity contribution in [1.82, 2.24) is 16.0 Å². The zero-order valence-corrected chi connectivity index (χ0v) is 17.5. The van der Waals surface area contributed by atoms with Crippen LogP contribution >= 0.6 is 0 Å². The Morgan fingerprint density at radius 2 is 1.47 bits per heavy atom. The Balaban J connectivity index is 5.17. The average Bonchev–Trinajstić information content (AvgIpc) is 2.66. The first kappa shape index (κ1) is 27.3. The first-order chi connectivity index (χ1) is 13.8. The van der Waals surface area contributed by atoms with Crippen LogP contribution in [-0.4, -0.2) is 75.3 Å². The number of rotatable bonds is 13. The molecule has 0 aliphatic heterocycles. The molecule has 0 rings (SSSR count). The Hall–Kier alpha value is -2.73. The summed E-state index contributed by atoms with van der Waals surface area (Å²) in [7, 11) is 0. The van der Waals surface area contributed by atoms with E-state index in [2.05, 4.69) is 16.0 Å². The number of hydrogen-bond acceptors (Lipinski definition) is 7. The maximum atomic E-state index is 12.5. The van der Waals surface area contributed by atoms with Gasteiger partial charge >= 0.3 is 11.9 Å². The molecule has 0 saturated heterocycles. The summed E-state index contributed by atoms with van der Waals surface area (Å²) in [6, 6.07) is -4.96. The van der Waals surface area contributed by atoms with Crippen LogP contribution in [-0.2, 0) is 24.0 Å². The van der Waals surface area contributed by atoms with Gasteiger partial charge in [0.15, 0.2) is 6.04 Å². The van der Waals surface area contributed by atoms with Crippen molar-refractivity contribution in [2.24, 2.45) is 11.7 Å². The number of aliphatic hydroxyl groups is 1. The average molecular weight is 432 g/mol. The number of amides is 3. The minimum absolute atomic E-state index is 0.175. The van der Waals surface area contributed by atoms with Crippen molar-refractivity contribution in [1.29, 1.82) is 0 Å². The highest BCUT2D eigenvalue weighted by molar-refractivity contribution is 5.94. The first-order valence-electron chi connectivity index (χ1n) is 9.61. The summed E-state index contributed by atoms with van der Waals surface area (Å²) >= 11 is 0. The molecule has 0 aliphatic carbocycles. The van der Waals surface area contributed by atoms with Crippen molar-refractivity contribution in [3.63, 3.8) is 0 Å². The SMILES string of the molecule is CCC(C)C(N)C(=O)NC(CCC(=O)O)C(=O)NC(C)C(=O)NC(C(=O)O)C(C)O. The first-order valence-corrected chi connectivity index (χ1v) is 9.61. The van der Waals surface area contributed by atoms with Gasteiger partial charge in [0, 0.05) is 6.42 Å². The van der Waals surface area contributed by atoms with Gasteiger partial charge in [-0.1, -0.05) is 20.3 Å². The molecule has 0 bridgehead atoms. The van der Waals surface area contributed by atoms with Crippen LogP contribution < -0.4 is 21.7 Å². The van der Waals surface area contributed by atoms with E-state index in [4.69, 9.17) is 15.9 Å². The van der Waals surface area contributed by atoms with Gasteiger partial charge in [0.2, 0.25) is 17.7 Å². The number of aliphatic carboxylic acids is 2. The maximum absolute atomic E-state index is 12.5. The van der Waals surface area contributed by atoms with E-state index in [1.165, 1.54) is 13.8 Å². The van der Waals surface area contributed by atoms with Gasteiger partial charge in [-0.15, -0.1) is 0 Å². The van der Waals surface area contributed by atoms with Crippen LogP contribution in [0.1, 0.15) is 47.0 Å². The standard InChI is InChI=1S/C18H32N4O8/c1-5-8(2)13(19)17(28)21-11(6-7-12(24)25)16(27)20-9(3)15(26)22-14(10(4)23)18(29)30/h8-11,13-14,23H,5-7,19H2,1-4H3,(H,20,27)(H,21,28)(H,22,26)(H,24,25)(H,29,30). The van der Waals surface area contributed by atoms with E-state index in [1.54, 1.807) is 6.92 Å². The molecule has 12 nitrogen and oxygen atoms in total. The number of nitrogens with two attached hydrogens (primary N) is 1. The summed E-state index contributed by atoms with van der Waals surface area (Å²) in [5.41, 5.74) is 5.83. The number of carbonyl (C=O) groups is 5. The summed E-state index contributed by atoms with van der Waals surface area (Å²) in [5, 5.41) is 34.1.